The van der Waals surface area contributed by atoms with Gasteiger partial charge in [-0.25, -0.2) is 4.79 Å². The molecule has 0 unspecified atom stereocenters. The number of aromatic hydroxyl groups is 1. The van der Waals surface area contributed by atoms with Crippen molar-refractivity contribution in [2.45, 2.75) is 44.7 Å². The van der Waals surface area contributed by atoms with Crippen molar-refractivity contribution in [3.63, 3.8) is 0 Å². The van der Waals surface area contributed by atoms with Crippen molar-refractivity contribution >= 4 is 11.7 Å². The van der Waals surface area contributed by atoms with E-state index in [9.17, 15) is 20.1 Å². The first-order valence-electron chi connectivity index (χ1n) is 19.4. The fraction of sp³-hybridized carbons (Fsp3) is 0.229. The zero-order valence-electron chi connectivity index (χ0n) is 32.6. The monoisotopic (exact) mass is 779 g/mol. The summed E-state index contributed by atoms with van der Waals surface area (Å²) >= 11 is 0. The number of benzene rings is 6. The number of rotatable bonds is 14. The molecule has 6 aromatic rings. The highest BCUT2D eigenvalue weighted by molar-refractivity contribution is 5.89. The van der Waals surface area contributed by atoms with E-state index in [1.54, 1.807) is 36.4 Å². The number of nitrogens with zero attached hydrogens (tertiary/aromatic N) is 1. The molecule has 10 nitrogen and oxygen atoms in total. The van der Waals surface area contributed by atoms with Crippen LogP contribution in [-0.2, 0) is 22.6 Å². The normalized spacial score (nSPS) is 18.4. The van der Waals surface area contributed by atoms with Crippen LogP contribution < -0.4 is 15.4 Å². The van der Waals surface area contributed by atoms with Crippen LogP contribution >= 0.6 is 0 Å². The van der Waals surface area contributed by atoms with E-state index in [4.69, 9.17) is 14.2 Å². The van der Waals surface area contributed by atoms with E-state index < -0.39 is 12.4 Å². The molecule has 0 bridgehead atoms. The number of nitrogens with one attached hydrogen (secondary N) is 2. The summed E-state index contributed by atoms with van der Waals surface area (Å²) in [6.45, 7) is 3.31. The van der Waals surface area contributed by atoms with Crippen molar-refractivity contribution in [1.29, 1.82) is 0 Å². The first-order chi connectivity index (χ1) is 28.2. The summed E-state index contributed by atoms with van der Waals surface area (Å²) in [7, 11) is 1.95. The largest absolute Gasteiger partial charge is 0.508 e. The molecule has 5 N–H and O–H groups in total. The highest BCUT2D eigenvalue weighted by Crippen LogP contribution is 2.42. The smallest absolute Gasteiger partial charge is 0.319 e. The molecule has 2 amide bonds. The Morgan fingerprint density at radius 2 is 1.47 bits per heavy atom. The van der Waals surface area contributed by atoms with Gasteiger partial charge in [-0.2, -0.15) is 0 Å². The lowest BCUT2D eigenvalue weighted by Gasteiger charge is -2.42. The number of amides is 2. The number of aliphatic hydroxyl groups excluding tert-OH is 2. The minimum Gasteiger partial charge on any atom is -0.508 e. The fourth-order valence-corrected chi connectivity index (χ4v) is 7.12. The molecule has 0 aliphatic carbocycles. The van der Waals surface area contributed by atoms with Gasteiger partial charge in [0.15, 0.2) is 6.29 Å². The van der Waals surface area contributed by atoms with Crippen molar-refractivity contribution in [2.24, 2.45) is 5.92 Å². The van der Waals surface area contributed by atoms with Gasteiger partial charge in [-0.05, 0) is 95.0 Å². The van der Waals surface area contributed by atoms with E-state index in [0.29, 0.717) is 36.6 Å². The summed E-state index contributed by atoms with van der Waals surface area (Å²) in [5, 5.41) is 36.3. The van der Waals surface area contributed by atoms with Crippen LogP contribution in [-0.4, -0.2) is 52.5 Å². The molecule has 0 radical (unpaired) electrons. The van der Waals surface area contributed by atoms with Gasteiger partial charge in [0, 0.05) is 36.8 Å². The molecular weight excluding hydrogens is 731 g/mol. The van der Waals surface area contributed by atoms with Crippen LogP contribution in [0.4, 0.5) is 10.5 Å². The van der Waals surface area contributed by atoms with Crippen molar-refractivity contribution in [2.75, 3.05) is 25.5 Å². The Morgan fingerprint density at radius 1 is 0.759 bits per heavy atom. The van der Waals surface area contributed by atoms with Crippen molar-refractivity contribution in [3.8, 4) is 28.4 Å². The predicted molar refractivity (Wildman–Crippen MR) is 224 cm³/mol. The molecule has 298 valence electrons. The molecule has 5 atom stereocenters. The van der Waals surface area contributed by atoms with Gasteiger partial charge in [0.05, 0.1) is 24.9 Å². The van der Waals surface area contributed by atoms with Gasteiger partial charge in [0.1, 0.15) is 17.2 Å². The molecule has 7 rings (SSSR count). The molecule has 6 aromatic carbocycles. The number of carbonyl (C=O) groups is 1. The zero-order chi connectivity index (χ0) is 40.4. The van der Waals surface area contributed by atoms with Crippen molar-refractivity contribution in [3.05, 3.63) is 179 Å². The van der Waals surface area contributed by atoms with Crippen LogP contribution in [0.3, 0.4) is 0 Å². The second kappa shape index (κ2) is 19.0. The molecule has 1 saturated heterocycles. The average molecular weight is 780 g/mol. The number of phenolic OH excluding ortho intramolecular Hbond substituents is 1. The Hall–Kier alpha value is -6.01. The van der Waals surface area contributed by atoms with Crippen molar-refractivity contribution in [1.82, 2.24) is 10.2 Å². The number of para-hydroxylation sites is 1. The van der Waals surface area contributed by atoms with Gasteiger partial charge in [0.2, 0.25) is 0 Å². The van der Waals surface area contributed by atoms with Crippen LogP contribution in [0.5, 0.6) is 17.2 Å². The van der Waals surface area contributed by atoms with Crippen molar-refractivity contribution < 1.29 is 34.3 Å². The highest BCUT2D eigenvalue weighted by atomic mass is 16.7. The third-order valence-corrected chi connectivity index (χ3v) is 10.3. The Labute approximate surface area is 339 Å². The first-order valence-corrected chi connectivity index (χ1v) is 19.4. The van der Waals surface area contributed by atoms with Crippen LogP contribution in [0.15, 0.2) is 152 Å². The molecule has 1 aliphatic heterocycles. The summed E-state index contributed by atoms with van der Waals surface area (Å²) in [5.41, 5.74) is 6.95. The molecule has 58 heavy (non-hydrogen) atoms. The van der Waals surface area contributed by atoms with E-state index >= 15 is 0 Å². The maximum absolute atomic E-state index is 12.8. The zero-order valence-corrected chi connectivity index (χ0v) is 32.6. The van der Waals surface area contributed by atoms with E-state index in [1.807, 2.05) is 121 Å². The lowest BCUT2D eigenvalue weighted by atomic mass is 9.90. The molecule has 1 aliphatic rings. The van der Waals surface area contributed by atoms with Gasteiger partial charge < -0.3 is 45.1 Å². The molecule has 0 spiro atoms. The summed E-state index contributed by atoms with van der Waals surface area (Å²) < 4.78 is 19.2. The van der Waals surface area contributed by atoms with Crippen LogP contribution in [0.1, 0.15) is 53.2 Å². The van der Waals surface area contributed by atoms with Crippen LogP contribution in [0, 0.1) is 5.92 Å². The molecule has 1 heterocycles. The topological polar surface area (TPSA) is 133 Å². The van der Waals surface area contributed by atoms with Gasteiger partial charge in [-0.15, -0.1) is 0 Å². The van der Waals surface area contributed by atoms with E-state index in [0.717, 1.165) is 39.1 Å². The second-order valence-electron chi connectivity index (χ2n) is 14.7. The SMILES string of the molecule is C[C@@H]1[C@H](CN(C)C[C@@H](O)c2cccc(O)c2)O[C@H](c2ccc(-c3cccc(CNC(=O)Nc4ccc(Oc5ccccc5)cc4)c3)cc2)O[C@@H]1c1ccc(CO)cc1. The minimum atomic E-state index is -0.784. The maximum atomic E-state index is 12.8. The van der Waals surface area contributed by atoms with Gasteiger partial charge in [-0.3, -0.25) is 0 Å². The Kier molecular flexibility index (Phi) is 13.1. The molecular formula is C48H49N3O7. The number of phenols is 1. The third kappa shape index (κ3) is 10.5. The number of ether oxygens (including phenoxy) is 3. The third-order valence-electron chi connectivity index (χ3n) is 10.3. The summed E-state index contributed by atoms with van der Waals surface area (Å²) in [6, 6.07) is 47.1. The number of aliphatic hydroxyl groups is 2. The fourth-order valence-electron chi connectivity index (χ4n) is 7.12. The Balaban J connectivity index is 0.990. The summed E-state index contributed by atoms with van der Waals surface area (Å²) in [5.74, 6) is 1.50. The predicted octanol–water partition coefficient (Wildman–Crippen LogP) is 9.12. The lowest BCUT2D eigenvalue weighted by Crippen LogP contribution is -2.44. The second-order valence-corrected chi connectivity index (χ2v) is 14.7. The minimum absolute atomic E-state index is 0.0330. The lowest BCUT2D eigenvalue weighted by molar-refractivity contribution is -0.276. The molecule has 0 saturated carbocycles. The molecule has 10 heteroatoms. The van der Waals surface area contributed by atoms with Crippen LogP contribution in [0.25, 0.3) is 11.1 Å². The van der Waals surface area contributed by atoms with E-state index in [2.05, 4.69) is 23.6 Å². The first kappa shape index (κ1) is 40.2. The number of hydrogen-bond acceptors (Lipinski definition) is 8. The quantitative estimate of drug-likeness (QED) is 0.0740. The maximum Gasteiger partial charge on any atom is 0.319 e. The van der Waals surface area contributed by atoms with Gasteiger partial charge in [-0.1, -0.05) is 104 Å². The Bertz CT molecular complexity index is 2230. The molecule has 1 fully saturated rings. The number of anilines is 1. The van der Waals surface area contributed by atoms with Gasteiger partial charge >= 0.3 is 6.03 Å². The number of hydrogen-bond donors (Lipinski definition) is 5. The average Bonchev–Trinajstić information content (AvgIpc) is 3.25. The van der Waals surface area contributed by atoms with E-state index in [1.165, 1.54) is 0 Å². The standard InChI is InChI=1S/C48H49N3O7/c1-32-45(30-51(2)29-44(54)39-10-7-11-41(53)27-39)57-47(58-46(32)36-16-14-33(31-52)15-17-36)37-20-18-35(19-21-37)38-9-6-8-34(26-38)28-49-48(55)50-40-22-24-43(25-23-40)56-42-12-4-3-5-13-42/h3-27,32,44-47,52-54H,28-31H2,1-2H3,(H2,49,50,55)/t32-,44-,45+,46+,47+/m1/s1. The Morgan fingerprint density at radius 3 is 2.19 bits per heavy atom. The van der Waals surface area contributed by atoms with Crippen LogP contribution in [0.2, 0.25) is 0 Å². The van der Waals surface area contributed by atoms with E-state index in [-0.39, 0.29) is 36.5 Å². The highest BCUT2D eigenvalue weighted by Gasteiger charge is 2.39. The number of likely N-dealkylation sites (N-methyl/N-ethyl adjacent to an activating group) is 1. The summed E-state index contributed by atoms with van der Waals surface area (Å²) in [6.07, 6.45) is -1.95. The van der Waals surface area contributed by atoms with Gasteiger partial charge in [0.25, 0.3) is 0 Å². The number of urea groups is 1. The summed E-state index contributed by atoms with van der Waals surface area (Å²) in [4.78, 5) is 14.8. The number of carbonyl (C=O) groups excluding carboxylic acids is 1. The molecule has 0 aromatic heterocycles.